The van der Waals surface area contributed by atoms with Gasteiger partial charge in [0.1, 0.15) is 0 Å². The maximum Gasteiger partial charge on any atom is -0.00180 e. The van der Waals surface area contributed by atoms with Crippen LogP contribution in [0.5, 0.6) is 0 Å². The number of allylic oxidation sites excluding steroid dienone is 1. The molecule has 0 saturated heterocycles. The Bertz CT molecular complexity index is 176. The first-order valence-electron chi connectivity index (χ1n) is 7.16. The summed E-state index contributed by atoms with van der Waals surface area (Å²) in [5.41, 5.74) is 0. The molecule has 1 rings (SSSR count). The predicted octanol–water partition coefficient (Wildman–Crippen LogP) is 4.15. The number of nitrogens with one attached hydrogen (secondary N) is 1. The van der Waals surface area contributed by atoms with E-state index in [-0.39, 0.29) is 0 Å². The zero-order valence-electron chi connectivity index (χ0n) is 11.0. The molecule has 1 aliphatic carbocycles. The summed E-state index contributed by atoms with van der Waals surface area (Å²) in [6, 6.07) is 0. The van der Waals surface area contributed by atoms with Crippen molar-refractivity contribution in [1.82, 2.24) is 5.32 Å². The SMILES string of the molecule is C=CCCCCCNCC1CCCCC1C. The lowest BCUT2D eigenvalue weighted by atomic mass is 9.80. The molecule has 1 fully saturated rings. The van der Waals surface area contributed by atoms with Gasteiger partial charge in [-0.15, -0.1) is 6.58 Å². The number of hydrogen-bond donors (Lipinski definition) is 1. The maximum absolute atomic E-state index is 3.75. The highest BCUT2D eigenvalue weighted by Gasteiger charge is 2.20. The van der Waals surface area contributed by atoms with E-state index in [1.807, 2.05) is 6.08 Å². The molecule has 0 radical (unpaired) electrons. The van der Waals surface area contributed by atoms with Gasteiger partial charge in [0.2, 0.25) is 0 Å². The summed E-state index contributed by atoms with van der Waals surface area (Å²) >= 11 is 0. The van der Waals surface area contributed by atoms with E-state index in [1.54, 1.807) is 0 Å². The Hall–Kier alpha value is -0.300. The molecule has 0 aliphatic heterocycles. The minimum atomic E-state index is 0.946. The fourth-order valence-corrected chi connectivity index (χ4v) is 2.70. The quantitative estimate of drug-likeness (QED) is 0.481. The standard InChI is InChI=1S/C15H29N/c1-3-4-5-6-9-12-16-13-15-11-8-7-10-14(15)2/h3,14-16H,1,4-13H2,2H3. The molecule has 1 heteroatoms. The number of hydrogen-bond acceptors (Lipinski definition) is 1. The molecule has 0 amide bonds. The lowest BCUT2D eigenvalue weighted by molar-refractivity contribution is 0.248. The van der Waals surface area contributed by atoms with Crippen molar-refractivity contribution in [2.45, 2.75) is 58.3 Å². The van der Waals surface area contributed by atoms with Crippen LogP contribution in [0.2, 0.25) is 0 Å². The van der Waals surface area contributed by atoms with Gasteiger partial charge in [0, 0.05) is 0 Å². The second-order valence-electron chi connectivity index (χ2n) is 5.36. The van der Waals surface area contributed by atoms with Crippen LogP contribution in [0.4, 0.5) is 0 Å². The van der Waals surface area contributed by atoms with Crippen molar-refractivity contribution in [2.24, 2.45) is 11.8 Å². The first-order valence-corrected chi connectivity index (χ1v) is 7.16. The smallest absolute Gasteiger partial charge is 0.00180 e. The van der Waals surface area contributed by atoms with Gasteiger partial charge in [-0.1, -0.05) is 38.7 Å². The van der Waals surface area contributed by atoms with Gasteiger partial charge in [-0.2, -0.15) is 0 Å². The Kier molecular flexibility index (Phi) is 7.58. The molecule has 2 unspecified atom stereocenters. The van der Waals surface area contributed by atoms with Gasteiger partial charge < -0.3 is 5.32 Å². The van der Waals surface area contributed by atoms with E-state index in [1.165, 1.54) is 64.5 Å². The van der Waals surface area contributed by atoms with Crippen LogP contribution in [-0.2, 0) is 0 Å². The summed E-state index contributed by atoms with van der Waals surface area (Å²) in [6.45, 7) is 8.64. The third-order valence-corrected chi connectivity index (χ3v) is 3.96. The van der Waals surface area contributed by atoms with E-state index in [0.29, 0.717) is 0 Å². The molecule has 1 aliphatic rings. The number of rotatable bonds is 8. The Morgan fingerprint density at radius 3 is 2.75 bits per heavy atom. The van der Waals surface area contributed by atoms with Crippen molar-refractivity contribution in [3.05, 3.63) is 12.7 Å². The summed E-state index contributed by atoms with van der Waals surface area (Å²) in [6.07, 6.45) is 13.0. The van der Waals surface area contributed by atoms with E-state index in [2.05, 4.69) is 18.8 Å². The molecule has 0 aromatic rings. The summed E-state index contributed by atoms with van der Waals surface area (Å²) in [5, 5.41) is 3.64. The van der Waals surface area contributed by atoms with Crippen molar-refractivity contribution < 1.29 is 0 Å². The molecule has 1 N–H and O–H groups in total. The summed E-state index contributed by atoms with van der Waals surface area (Å²) in [7, 11) is 0. The molecular formula is C15H29N. The van der Waals surface area contributed by atoms with Crippen LogP contribution in [0.25, 0.3) is 0 Å². The van der Waals surface area contributed by atoms with Crippen LogP contribution in [0, 0.1) is 11.8 Å². The molecule has 0 aromatic heterocycles. The zero-order chi connectivity index (χ0) is 11.6. The van der Waals surface area contributed by atoms with Gasteiger partial charge in [0.05, 0.1) is 0 Å². The van der Waals surface area contributed by atoms with Crippen molar-refractivity contribution in [3.8, 4) is 0 Å². The highest BCUT2D eigenvalue weighted by atomic mass is 14.9. The molecule has 1 saturated carbocycles. The first-order chi connectivity index (χ1) is 7.84. The summed E-state index contributed by atoms with van der Waals surface area (Å²) in [5.74, 6) is 1.89. The van der Waals surface area contributed by atoms with Crippen molar-refractivity contribution in [1.29, 1.82) is 0 Å². The summed E-state index contributed by atoms with van der Waals surface area (Å²) in [4.78, 5) is 0. The molecule has 0 bridgehead atoms. The largest absolute Gasteiger partial charge is 0.316 e. The third-order valence-electron chi connectivity index (χ3n) is 3.96. The molecule has 0 spiro atoms. The zero-order valence-corrected chi connectivity index (χ0v) is 11.0. The Morgan fingerprint density at radius 2 is 2.00 bits per heavy atom. The Morgan fingerprint density at radius 1 is 1.19 bits per heavy atom. The molecule has 0 aromatic carbocycles. The second-order valence-corrected chi connectivity index (χ2v) is 5.36. The molecule has 0 heterocycles. The normalized spacial score (nSPS) is 25.6. The lowest BCUT2D eigenvalue weighted by Crippen LogP contribution is -2.29. The van der Waals surface area contributed by atoms with Crippen LogP contribution in [-0.4, -0.2) is 13.1 Å². The van der Waals surface area contributed by atoms with Crippen molar-refractivity contribution >= 4 is 0 Å². The minimum absolute atomic E-state index is 0.946. The van der Waals surface area contributed by atoms with Gasteiger partial charge in [0.15, 0.2) is 0 Å². The van der Waals surface area contributed by atoms with E-state index in [0.717, 1.165) is 11.8 Å². The van der Waals surface area contributed by atoms with E-state index in [9.17, 15) is 0 Å². The average molecular weight is 223 g/mol. The Balaban J connectivity index is 1.91. The van der Waals surface area contributed by atoms with Gasteiger partial charge in [-0.25, -0.2) is 0 Å². The molecular weight excluding hydrogens is 194 g/mol. The van der Waals surface area contributed by atoms with Gasteiger partial charge in [0.25, 0.3) is 0 Å². The molecule has 16 heavy (non-hydrogen) atoms. The second kappa shape index (κ2) is 8.81. The molecule has 94 valence electrons. The van der Waals surface area contributed by atoms with Gasteiger partial charge in [-0.3, -0.25) is 0 Å². The van der Waals surface area contributed by atoms with E-state index < -0.39 is 0 Å². The summed E-state index contributed by atoms with van der Waals surface area (Å²) < 4.78 is 0. The first kappa shape index (κ1) is 13.8. The minimum Gasteiger partial charge on any atom is -0.316 e. The molecule has 2 atom stereocenters. The van der Waals surface area contributed by atoms with Crippen LogP contribution < -0.4 is 5.32 Å². The van der Waals surface area contributed by atoms with Gasteiger partial charge >= 0.3 is 0 Å². The van der Waals surface area contributed by atoms with E-state index >= 15 is 0 Å². The van der Waals surface area contributed by atoms with Crippen LogP contribution in [0.15, 0.2) is 12.7 Å². The van der Waals surface area contributed by atoms with Crippen LogP contribution >= 0.6 is 0 Å². The van der Waals surface area contributed by atoms with Crippen molar-refractivity contribution in [3.63, 3.8) is 0 Å². The van der Waals surface area contributed by atoms with Crippen LogP contribution in [0.1, 0.15) is 58.3 Å². The highest BCUT2D eigenvalue weighted by molar-refractivity contribution is 4.74. The van der Waals surface area contributed by atoms with Gasteiger partial charge in [-0.05, 0) is 50.6 Å². The fourth-order valence-electron chi connectivity index (χ4n) is 2.70. The van der Waals surface area contributed by atoms with Crippen molar-refractivity contribution in [2.75, 3.05) is 13.1 Å². The highest BCUT2D eigenvalue weighted by Crippen LogP contribution is 2.28. The molecule has 1 nitrogen and oxygen atoms in total. The monoisotopic (exact) mass is 223 g/mol. The third kappa shape index (κ3) is 5.69. The average Bonchev–Trinajstić information content (AvgIpc) is 2.30. The van der Waals surface area contributed by atoms with Crippen LogP contribution in [0.3, 0.4) is 0 Å². The lowest BCUT2D eigenvalue weighted by Gasteiger charge is -2.28. The van der Waals surface area contributed by atoms with E-state index in [4.69, 9.17) is 0 Å². The number of unbranched alkanes of at least 4 members (excludes halogenated alkanes) is 3. The maximum atomic E-state index is 3.75. The predicted molar refractivity (Wildman–Crippen MR) is 72.7 cm³/mol. The Labute approximate surface area is 102 Å². The topological polar surface area (TPSA) is 12.0 Å². The fraction of sp³-hybridized carbons (Fsp3) is 0.867.